The summed E-state index contributed by atoms with van der Waals surface area (Å²) in [6, 6.07) is 10.2. The van der Waals surface area contributed by atoms with Crippen LogP contribution in [0.25, 0.3) is 0 Å². The zero-order valence-corrected chi connectivity index (χ0v) is 16.5. The molecule has 0 saturated carbocycles. The average Bonchev–Trinajstić information content (AvgIpc) is 2.65. The summed E-state index contributed by atoms with van der Waals surface area (Å²) < 4.78 is 4.90. The minimum Gasteiger partial charge on any atom is -0.393 e. The predicted molar refractivity (Wildman–Crippen MR) is 107 cm³/mol. The molecule has 146 valence electrons. The molecule has 0 aromatic heterocycles. The second-order valence-electron chi connectivity index (χ2n) is 7.12. The largest absolute Gasteiger partial charge is 0.393 e. The lowest BCUT2D eigenvalue weighted by Gasteiger charge is -2.04. The maximum atomic E-state index is 11.7. The molecule has 0 aliphatic heterocycles. The van der Waals surface area contributed by atoms with Crippen molar-refractivity contribution in [1.82, 2.24) is 0 Å². The van der Waals surface area contributed by atoms with Crippen LogP contribution < -0.4 is 0 Å². The molecule has 0 aliphatic carbocycles. The Morgan fingerprint density at radius 1 is 0.692 bits per heavy atom. The molecule has 1 rings (SSSR count). The molecule has 1 aromatic carbocycles. The number of aryl methyl sites for hydroxylation is 1. The maximum absolute atomic E-state index is 11.7. The first-order valence-corrected chi connectivity index (χ1v) is 10.5. The number of unbranched alkanes of at least 4 members (excludes halogenated alkanes) is 9. The van der Waals surface area contributed by atoms with Gasteiger partial charge in [-0.15, -0.1) is 0 Å². The smallest absolute Gasteiger partial charge is 0.313 e. The van der Waals surface area contributed by atoms with Gasteiger partial charge in [-0.2, -0.15) is 0 Å². The third-order valence-corrected chi connectivity index (χ3v) is 4.65. The Hall–Kier alpha value is -1.64. The van der Waals surface area contributed by atoms with E-state index in [0.717, 1.165) is 32.1 Å². The number of carbonyl (C=O) groups is 2. The molecule has 0 unspecified atom stereocenters. The van der Waals surface area contributed by atoms with Crippen LogP contribution in [0.2, 0.25) is 0 Å². The number of esters is 2. The van der Waals surface area contributed by atoms with Crippen LogP contribution >= 0.6 is 0 Å². The Balaban J connectivity index is 1.92. The van der Waals surface area contributed by atoms with Crippen LogP contribution in [-0.4, -0.2) is 11.9 Å². The SMILES string of the molecule is CCCCCCCCCCCC(=O)OC(=O)CCCCc1ccccc1. The minimum atomic E-state index is -0.376. The third-order valence-electron chi connectivity index (χ3n) is 4.65. The lowest BCUT2D eigenvalue weighted by atomic mass is 10.1. The van der Waals surface area contributed by atoms with Crippen LogP contribution in [0.5, 0.6) is 0 Å². The van der Waals surface area contributed by atoms with Crippen molar-refractivity contribution in [3.63, 3.8) is 0 Å². The Bertz CT molecular complexity index is 481. The zero-order chi connectivity index (χ0) is 18.9. The Kier molecular flexibility index (Phi) is 13.4. The molecule has 0 spiro atoms. The maximum Gasteiger partial charge on any atom is 0.313 e. The number of ether oxygens (including phenoxy) is 1. The first kappa shape index (κ1) is 22.4. The Morgan fingerprint density at radius 3 is 1.77 bits per heavy atom. The highest BCUT2D eigenvalue weighted by molar-refractivity contribution is 5.85. The fourth-order valence-corrected chi connectivity index (χ4v) is 3.05. The number of benzene rings is 1. The quantitative estimate of drug-likeness (QED) is 0.207. The summed E-state index contributed by atoms with van der Waals surface area (Å²) in [5, 5.41) is 0. The van der Waals surface area contributed by atoms with E-state index in [2.05, 4.69) is 19.1 Å². The van der Waals surface area contributed by atoms with E-state index in [1.165, 1.54) is 50.5 Å². The van der Waals surface area contributed by atoms with E-state index in [9.17, 15) is 9.59 Å². The monoisotopic (exact) mass is 360 g/mol. The van der Waals surface area contributed by atoms with Crippen molar-refractivity contribution < 1.29 is 14.3 Å². The average molecular weight is 361 g/mol. The van der Waals surface area contributed by atoms with Gasteiger partial charge in [0.05, 0.1) is 0 Å². The van der Waals surface area contributed by atoms with Crippen molar-refractivity contribution in [2.75, 3.05) is 0 Å². The molecule has 0 aliphatic rings. The van der Waals surface area contributed by atoms with Gasteiger partial charge in [0.15, 0.2) is 0 Å². The second kappa shape index (κ2) is 15.6. The van der Waals surface area contributed by atoms with Crippen LogP contribution in [0.15, 0.2) is 30.3 Å². The second-order valence-corrected chi connectivity index (χ2v) is 7.12. The first-order valence-electron chi connectivity index (χ1n) is 10.5. The van der Waals surface area contributed by atoms with Gasteiger partial charge in [-0.05, 0) is 31.2 Å². The molecule has 0 bridgehead atoms. The molecule has 0 radical (unpaired) electrons. The van der Waals surface area contributed by atoms with Crippen molar-refractivity contribution in [3.8, 4) is 0 Å². The van der Waals surface area contributed by atoms with E-state index in [4.69, 9.17) is 4.74 Å². The van der Waals surface area contributed by atoms with Gasteiger partial charge in [0.2, 0.25) is 0 Å². The zero-order valence-electron chi connectivity index (χ0n) is 16.5. The standard InChI is InChI=1S/C23H36O3/c1-2-3-4-5-6-7-8-9-13-19-22(24)26-23(25)20-15-14-18-21-16-11-10-12-17-21/h10-12,16-17H,2-9,13-15,18-20H2,1H3. The van der Waals surface area contributed by atoms with Crippen molar-refractivity contribution >= 4 is 11.9 Å². The third kappa shape index (κ3) is 12.7. The normalized spacial score (nSPS) is 10.7. The summed E-state index contributed by atoms with van der Waals surface area (Å²) in [4.78, 5) is 23.4. The summed E-state index contributed by atoms with van der Waals surface area (Å²) in [7, 11) is 0. The van der Waals surface area contributed by atoms with Gasteiger partial charge < -0.3 is 4.74 Å². The molecule has 0 N–H and O–H groups in total. The molecule has 26 heavy (non-hydrogen) atoms. The Labute approximate surface area is 159 Å². The van der Waals surface area contributed by atoms with Gasteiger partial charge in [0.25, 0.3) is 0 Å². The molecule has 0 atom stereocenters. The van der Waals surface area contributed by atoms with Gasteiger partial charge in [-0.3, -0.25) is 9.59 Å². The lowest BCUT2D eigenvalue weighted by Crippen LogP contribution is -2.11. The summed E-state index contributed by atoms with van der Waals surface area (Å²) >= 11 is 0. The van der Waals surface area contributed by atoms with E-state index in [0.29, 0.717) is 12.8 Å². The molecule has 1 aromatic rings. The number of hydrogen-bond acceptors (Lipinski definition) is 3. The number of hydrogen-bond donors (Lipinski definition) is 0. The molecule has 0 amide bonds. The van der Waals surface area contributed by atoms with Crippen molar-refractivity contribution in [3.05, 3.63) is 35.9 Å². The lowest BCUT2D eigenvalue weighted by molar-refractivity contribution is -0.159. The van der Waals surface area contributed by atoms with Crippen LogP contribution in [-0.2, 0) is 20.7 Å². The highest BCUT2D eigenvalue weighted by Crippen LogP contribution is 2.11. The molecule has 0 saturated heterocycles. The summed E-state index contributed by atoms with van der Waals surface area (Å²) in [6.45, 7) is 2.23. The van der Waals surface area contributed by atoms with E-state index < -0.39 is 0 Å². The van der Waals surface area contributed by atoms with Crippen molar-refractivity contribution in [2.24, 2.45) is 0 Å². The van der Waals surface area contributed by atoms with E-state index in [1.54, 1.807) is 0 Å². The first-order chi connectivity index (χ1) is 12.7. The van der Waals surface area contributed by atoms with Crippen LogP contribution in [0.4, 0.5) is 0 Å². The summed E-state index contributed by atoms with van der Waals surface area (Å²) in [6.07, 6.45) is 14.2. The van der Waals surface area contributed by atoms with Crippen LogP contribution in [0.1, 0.15) is 96.0 Å². The number of rotatable bonds is 15. The molecular formula is C23H36O3. The van der Waals surface area contributed by atoms with E-state index in [-0.39, 0.29) is 11.9 Å². The van der Waals surface area contributed by atoms with E-state index >= 15 is 0 Å². The number of carbonyl (C=O) groups excluding carboxylic acids is 2. The summed E-state index contributed by atoms with van der Waals surface area (Å²) in [5.74, 6) is -0.736. The molecule has 0 heterocycles. The minimum absolute atomic E-state index is 0.330. The predicted octanol–water partition coefficient (Wildman–Crippen LogP) is 6.39. The molecular weight excluding hydrogens is 324 g/mol. The van der Waals surface area contributed by atoms with E-state index in [1.807, 2.05) is 18.2 Å². The van der Waals surface area contributed by atoms with Gasteiger partial charge in [0, 0.05) is 12.8 Å². The summed E-state index contributed by atoms with van der Waals surface area (Å²) in [5.41, 5.74) is 1.28. The molecule has 0 fully saturated rings. The van der Waals surface area contributed by atoms with Crippen LogP contribution in [0.3, 0.4) is 0 Å². The molecule has 3 heteroatoms. The van der Waals surface area contributed by atoms with Gasteiger partial charge >= 0.3 is 11.9 Å². The van der Waals surface area contributed by atoms with Crippen LogP contribution in [0, 0.1) is 0 Å². The highest BCUT2D eigenvalue weighted by atomic mass is 16.6. The van der Waals surface area contributed by atoms with Crippen molar-refractivity contribution in [2.45, 2.75) is 96.8 Å². The van der Waals surface area contributed by atoms with Gasteiger partial charge in [-0.25, -0.2) is 0 Å². The van der Waals surface area contributed by atoms with Gasteiger partial charge in [0.1, 0.15) is 0 Å². The fraction of sp³-hybridized carbons (Fsp3) is 0.652. The Morgan fingerprint density at radius 2 is 1.19 bits per heavy atom. The van der Waals surface area contributed by atoms with Gasteiger partial charge in [-0.1, -0.05) is 88.6 Å². The highest BCUT2D eigenvalue weighted by Gasteiger charge is 2.09. The molecule has 3 nitrogen and oxygen atoms in total. The topological polar surface area (TPSA) is 43.4 Å². The fourth-order valence-electron chi connectivity index (χ4n) is 3.05. The van der Waals surface area contributed by atoms with Crippen molar-refractivity contribution in [1.29, 1.82) is 0 Å².